The van der Waals surface area contributed by atoms with Crippen LogP contribution in [0.25, 0.3) is 0 Å². The number of nitrogens with zero attached hydrogens (tertiary/aromatic N) is 1. The van der Waals surface area contributed by atoms with Crippen molar-refractivity contribution < 1.29 is 4.79 Å². The molecule has 1 amide bonds. The molecule has 0 aliphatic carbocycles. The van der Waals surface area contributed by atoms with Gasteiger partial charge in [-0.05, 0) is 24.6 Å². The fourth-order valence-electron chi connectivity index (χ4n) is 2.08. The van der Waals surface area contributed by atoms with Crippen LogP contribution in [0.1, 0.15) is 12.5 Å². The van der Waals surface area contributed by atoms with E-state index < -0.39 is 0 Å². The summed E-state index contributed by atoms with van der Waals surface area (Å²) in [5, 5.41) is 0. The molecular formula is C16H18N2O. The fourth-order valence-corrected chi connectivity index (χ4v) is 2.08. The molecule has 0 saturated carbocycles. The van der Waals surface area contributed by atoms with Gasteiger partial charge in [0.1, 0.15) is 0 Å². The molecule has 0 radical (unpaired) electrons. The van der Waals surface area contributed by atoms with Gasteiger partial charge in [0.25, 0.3) is 0 Å². The van der Waals surface area contributed by atoms with Gasteiger partial charge in [0.2, 0.25) is 5.91 Å². The van der Waals surface area contributed by atoms with Crippen LogP contribution in [0.15, 0.2) is 54.6 Å². The molecule has 2 N–H and O–H groups in total. The van der Waals surface area contributed by atoms with E-state index in [1.807, 2.05) is 61.5 Å². The smallest absolute Gasteiger partial charge is 0.231 e. The van der Waals surface area contributed by atoms with Gasteiger partial charge in [-0.2, -0.15) is 0 Å². The average molecular weight is 254 g/mol. The lowest BCUT2D eigenvalue weighted by Crippen LogP contribution is -2.32. The number of benzene rings is 2. The molecule has 2 aromatic rings. The van der Waals surface area contributed by atoms with Crippen LogP contribution in [0.3, 0.4) is 0 Å². The van der Waals surface area contributed by atoms with Crippen LogP contribution in [-0.4, -0.2) is 12.5 Å². The minimum atomic E-state index is 0.0617. The molecule has 2 aromatic carbocycles. The highest BCUT2D eigenvalue weighted by molar-refractivity contribution is 5.97. The second-order valence-corrected chi connectivity index (χ2v) is 4.36. The van der Waals surface area contributed by atoms with E-state index in [4.69, 9.17) is 5.73 Å². The highest BCUT2D eigenvalue weighted by Gasteiger charge is 2.15. The van der Waals surface area contributed by atoms with E-state index in [-0.39, 0.29) is 5.91 Å². The van der Waals surface area contributed by atoms with Gasteiger partial charge in [0, 0.05) is 6.54 Å². The highest BCUT2D eigenvalue weighted by atomic mass is 16.2. The molecular weight excluding hydrogens is 236 g/mol. The molecule has 0 saturated heterocycles. The molecule has 0 atom stereocenters. The number of carbonyl (C=O) groups excluding carboxylic acids is 1. The number of amides is 1. The van der Waals surface area contributed by atoms with Crippen molar-refractivity contribution in [1.82, 2.24) is 0 Å². The van der Waals surface area contributed by atoms with Crippen molar-refractivity contribution in [3.8, 4) is 0 Å². The van der Waals surface area contributed by atoms with E-state index in [1.54, 1.807) is 4.90 Å². The summed E-state index contributed by atoms with van der Waals surface area (Å²) >= 11 is 0. The van der Waals surface area contributed by atoms with Crippen molar-refractivity contribution in [3.63, 3.8) is 0 Å². The van der Waals surface area contributed by atoms with Crippen LogP contribution in [0.5, 0.6) is 0 Å². The zero-order chi connectivity index (χ0) is 13.7. The zero-order valence-corrected chi connectivity index (χ0v) is 11.0. The number of likely N-dealkylation sites (N-methyl/N-ethyl adjacent to an activating group) is 1. The lowest BCUT2D eigenvalue weighted by molar-refractivity contribution is -0.117. The standard InChI is InChI=1S/C16H18N2O/c1-2-18(15-11-7-6-10-14(15)17)16(19)12-13-8-4-3-5-9-13/h3-11H,2,12,17H2,1H3. The Kier molecular flexibility index (Phi) is 4.18. The van der Waals surface area contributed by atoms with E-state index in [0.717, 1.165) is 11.3 Å². The van der Waals surface area contributed by atoms with Gasteiger partial charge in [-0.25, -0.2) is 0 Å². The zero-order valence-electron chi connectivity index (χ0n) is 11.0. The summed E-state index contributed by atoms with van der Waals surface area (Å²) in [6, 6.07) is 17.2. The molecule has 0 heterocycles. The van der Waals surface area contributed by atoms with Gasteiger partial charge in [-0.3, -0.25) is 4.79 Å². The van der Waals surface area contributed by atoms with E-state index in [9.17, 15) is 4.79 Å². The number of para-hydroxylation sites is 2. The van der Waals surface area contributed by atoms with Crippen LogP contribution in [-0.2, 0) is 11.2 Å². The van der Waals surface area contributed by atoms with Gasteiger partial charge in [0.15, 0.2) is 0 Å². The lowest BCUT2D eigenvalue weighted by atomic mass is 10.1. The predicted molar refractivity (Wildman–Crippen MR) is 79.0 cm³/mol. The molecule has 0 bridgehead atoms. The molecule has 3 nitrogen and oxygen atoms in total. The maximum absolute atomic E-state index is 12.4. The van der Waals surface area contributed by atoms with Crippen molar-refractivity contribution >= 4 is 17.3 Å². The van der Waals surface area contributed by atoms with Crippen LogP contribution in [0.2, 0.25) is 0 Å². The number of rotatable bonds is 4. The van der Waals surface area contributed by atoms with Crippen molar-refractivity contribution in [2.24, 2.45) is 0 Å². The highest BCUT2D eigenvalue weighted by Crippen LogP contribution is 2.23. The van der Waals surface area contributed by atoms with Crippen molar-refractivity contribution in [1.29, 1.82) is 0 Å². The van der Waals surface area contributed by atoms with Gasteiger partial charge in [0.05, 0.1) is 17.8 Å². The Morgan fingerprint density at radius 1 is 1.05 bits per heavy atom. The SMILES string of the molecule is CCN(C(=O)Cc1ccccc1)c1ccccc1N. The second-order valence-electron chi connectivity index (χ2n) is 4.36. The molecule has 19 heavy (non-hydrogen) atoms. The average Bonchev–Trinajstić information content (AvgIpc) is 2.43. The summed E-state index contributed by atoms with van der Waals surface area (Å²) in [4.78, 5) is 14.1. The Hall–Kier alpha value is -2.29. The maximum atomic E-state index is 12.4. The van der Waals surface area contributed by atoms with E-state index in [1.165, 1.54) is 0 Å². The van der Waals surface area contributed by atoms with Crippen LogP contribution < -0.4 is 10.6 Å². The number of nitrogen functional groups attached to an aromatic ring is 1. The van der Waals surface area contributed by atoms with Gasteiger partial charge in [-0.1, -0.05) is 42.5 Å². The van der Waals surface area contributed by atoms with Crippen LogP contribution in [0.4, 0.5) is 11.4 Å². The molecule has 2 rings (SSSR count). The normalized spacial score (nSPS) is 10.2. The Bertz CT molecular complexity index is 552. The molecule has 3 heteroatoms. The third-order valence-electron chi connectivity index (χ3n) is 3.04. The summed E-state index contributed by atoms with van der Waals surface area (Å²) in [5.41, 5.74) is 8.36. The van der Waals surface area contributed by atoms with Gasteiger partial charge in [-0.15, -0.1) is 0 Å². The summed E-state index contributed by atoms with van der Waals surface area (Å²) in [6.07, 6.45) is 0.392. The maximum Gasteiger partial charge on any atom is 0.231 e. The quantitative estimate of drug-likeness (QED) is 0.853. The first-order chi connectivity index (χ1) is 9.22. The van der Waals surface area contributed by atoms with Crippen LogP contribution in [0, 0.1) is 0 Å². The van der Waals surface area contributed by atoms with Gasteiger partial charge >= 0.3 is 0 Å². The predicted octanol–water partition coefficient (Wildman–Crippen LogP) is 2.86. The summed E-state index contributed by atoms with van der Waals surface area (Å²) in [5.74, 6) is 0.0617. The van der Waals surface area contributed by atoms with Gasteiger partial charge < -0.3 is 10.6 Å². The topological polar surface area (TPSA) is 46.3 Å². The minimum absolute atomic E-state index is 0.0617. The molecule has 0 spiro atoms. The third-order valence-corrected chi connectivity index (χ3v) is 3.04. The second kappa shape index (κ2) is 6.05. The van der Waals surface area contributed by atoms with Crippen LogP contribution >= 0.6 is 0 Å². The Balaban J connectivity index is 2.19. The summed E-state index contributed by atoms with van der Waals surface area (Å²) < 4.78 is 0. The summed E-state index contributed by atoms with van der Waals surface area (Å²) in [6.45, 7) is 2.56. The van der Waals surface area contributed by atoms with E-state index >= 15 is 0 Å². The number of hydrogen-bond donors (Lipinski definition) is 1. The largest absolute Gasteiger partial charge is 0.397 e. The number of nitrogens with two attached hydrogens (primary N) is 1. The van der Waals surface area contributed by atoms with E-state index in [2.05, 4.69) is 0 Å². The Labute approximate surface area is 113 Å². The molecule has 0 unspecified atom stereocenters. The number of carbonyl (C=O) groups is 1. The van der Waals surface area contributed by atoms with E-state index in [0.29, 0.717) is 18.7 Å². The first-order valence-corrected chi connectivity index (χ1v) is 6.41. The first-order valence-electron chi connectivity index (χ1n) is 6.41. The summed E-state index contributed by atoms with van der Waals surface area (Å²) in [7, 11) is 0. The van der Waals surface area contributed by atoms with Crippen molar-refractivity contribution in [3.05, 3.63) is 60.2 Å². The molecule has 98 valence electrons. The first kappa shape index (κ1) is 13.1. The fraction of sp³-hybridized carbons (Fsp3) is 0.188. The monoisotopic (exact) mass is 254 g/mol. The number of anilines is 2. The molecule has 0 aliphatic heterocycles. The lowest BCUT2D eigenvalue weighted by Gasteiger charge is -2.22. The Morgan fingerprint density at radius 2 is 1.68 bits per heavy atom. The molecule has 0 fully saturated rings. The molecule has 0 aliphatic rings. The number of hydrogen-bond acceptors (Lipinski definition) is 2. The third kappa shape index (κ3) is 3.13. The minimum Gasteiger partial charge on any atom is -0.397 e. The Morgan fingerprint density at radius 3 is 2.32 bits per heavy atom. The van der Waals surface area contributed by atoms with Crippen molar-refractivity contribution in [2.45, 2.75) is 13.3 Å². The molecule has 0 aromatic heterocycles. The van der Waals surface area contributed by atoms with Crippen molar-refractivity contribution in [2.75, 3.05) is 17.2 Å².